The monoisotopic (exact) mass is 328 g/mol. The zero-order valence-electron chi connectivity index (χ0n) is 13.8. The summed E-state index contributed by atoms with van der Waals surface area (Å²) < 4.78 is 30.8. The maximum absolute atomic E-state index is 13.5. The van der Waals surface area contributed by atoms with Gasteiger partial charge in [-0.2, -0.15) is 0 Å². The molecule has 1 aromatic rings. The van der Waals surface area contributed by atoms with Crippen LogP contribution in [0.5, 0.6) is 0 Å². The molecule has 0 aromatic heterocycles. The van der Waals surface area contributed by atoms with Crippen LogP contribution in [-0.2, 0) is 19.7 Å². The number of carbonyl (C=O) groups excluding carboxylic acids is 1. The first-order valence-corrected chi connectivity index (χ1v) is 9.62. The third kappa shape index (κ3) is 5.28. The van der Waals surface area contributed by atoms with E-state index in [9.17, 15) is 9.18 Å². The summed E-state index contributed by atoms with van der Waals surface area (Å²) in [5, 5.41) is 0. The topological polar surface area (TPSA) is 44.8 Å². The van der Waals surface area contributed by atoms with E-state index in [4.69, 9.17) is 13.3 Å². The minimum Gasteiger partial charge on any atom is -0.374 e. The van der Waals surface area contributed by atoms with Gasteiger partial charge in [0.15, 0.2) is 5.78 Å². The van der Waals surface area contributed by atoms with Crippen molar-refractivity contribution >= 4 is 14.6 Å². The number of Topliss-reactive ketones (excluding diaryl/α,β-unsaturated/α-hetero) is 1. The first-order chi connectivity index (χ1) is 10.5. The highest BCUT2D eigenvalue weighted by Gasteiger charge is 2.40. The summed E-state index contributed by atoms with van der Waals surface area (Å²) in [5.41, 5.74) is 1.21. The number of aryl methyl sites for hydroxylation is 1. The van der Waals surface area contributed by atoms with Gasteiger partial charge in [0, 0.05) is 31.4 Å². The molecule has 0 aliphatic carbocycles. The van der Waals surface area contributed by atoms with Crippen molar-refractivity contribution in [2.75, 3.05) is 19.8 Å². The second kappa shape index (κ2) is 9.15. The molecule has 22 heavy (non-hydrogen) atoms. The lowest BCUT2D eigenvalue weighted by Crippen LogP contribution is -2.46. The largest absolute Gasteiger partial charge is 0.501 e. The van der Waals surface area contributed by atoms with Crippen LogP contribution in [0.15, 0.2) is 18.2 Å². The molecule has 4 nitrogen and oxygen atoms in total. The van der Waals surface area contributed by atoms with Crippen LogP contribution in [0.1, 0.15) is 43.6 Å². The van der Waals surface area contributed by atoms with E-state index < -0.39 is 8.80 Å². The molecule has 0 saturated carbocycles. The quantitative estimate of drug-likeness (QED) is 0.486. The Morgan fingerprint density at radius 3 is 2.09 bits per heavy atom. The molecule has 1 aromatic carbocycles. The van der Waals surface area contributed by atoms with Gasteiger partial charge in [-0.25, -0.2) is 4.39 Å². The molecule has 0 atom stereocenters. The number of benzene rings is 1. The molecular formula is C16H25FO4Si. The molecule has 0 spiro atoms. The smallest absolute Gasteiger partial charge is 0.374 e. The lowest BCUT2D eigenvalue weighted by atomic mass is 10.0. The van der Waals surface area contributed by atoms with E-state index in [1.807, 2.05) is 20.8 Å². The van der Waals surface area contributed by atoms with Gasteiger partial charge in [0.2, 0.25) is 0 Å². The number of rotatable bonds is 10. The lowest BCUT2D eigenvalue weighted by Gasteiger charge is -2.28. The van der Waals surface area contributed by atoms with Crippen LogP contribution in [0, 0.1) is 5.82 Å². The summed E-state index contributed by atoms with van der Waals surface area (Å²) in [6.07, 6.45) is 0.485. The Kier molecular flexibility index (Phi) is 7.88. The molecule has 0 aliphatic heterocycles. The number of carbonyl (C=O) groups is 1. The van der Waals surface area contributed by atoms with Crippen molar-refractivity contribution in [2.24, 2.45) is 0 Å². The Morgan fingerprint density at radius 1 is 1.09 bits per heavy atom. The molecule has 0 amide bonds. The number of halogens is 1. The molecule has 0 fully saturated rings. The fourth-order valence-corrected chi connectivity index (χ4v) is 4.98. The molecule has 0 radical (unpaired) electrons. The molecule has 0 N–H and O–H groups in total. The van der Waals surface area contributed by atoms with Gasteiger partial charge in [-0.05, 0) is 57.9 Å². The minimum atomic E-state index is -2.79. The molecule has 1 rings (SSSR count). The first-order valence-electron chi connectivity index (χ1n) is 7.69. The molecule has 0 saturated heterocycles. The van der Waals surface area contributed by atoms with Gasteiger partial charge in [-0.3, -0.25) is 4.79 Å². The van der Waals surface area contributed by atoms with E-state index in [-0.39, 0.29) is 11.6 Å². The van der Waals surface area contributed by atoms with Crippen LogP contribution in [0.3, 0.4) is 0 Å². The van der Waals surface area contributed by atoms with E-state index in [0.29, 0.717) is 43.4 Å². The second-order valence-corrected chi connectivity index (χ2v) is 7.57. The van der Waals surface area contributed by atoms with Gasteiger partial charge in [0.1, 0.15) is 5.82 Å². The van der Waals surface area contributed by atoms with Gasteiger partial charge in [-0.15, -0.1) is 0 Å². The van der Waals surface area contributed by atoms with Gasteiger partial charge >= 0.3 is 8.80 Å². The highest BCUT2D eigenvalue weighted by atomic mass is 28.4. The fourth-order valence-electron chi connectivity index (χ4n) is 2.40. The van der Waals surface area contributed by atoms with Crippen molar-refractivity contribution in [3.8, 4) is 0 Å². The van der Waals surface area contributed by atoms with Gasteiger partial charge < -0.3 is 13.3 Å². The van der Waals surface area contributed by atoms with E-state index in [1.54, 1.807) is 0 Å². The predicted octanol–water partition coefficient (Wildman–Crippen LogP) is 3.62. The van der Waals surface area contributed by atoms with Crippen LogP contribution in [0.4, 0.5) is 4.39 Å². The molecule has 124 valence electrons. The van der Waals surface area contributed by atoms with Crippen molar-refractivity contribution in [1.29, 1.82) is 0 Å². The van der Waals surface area contributed by atoms with Crippen molar-refractivity contribution in [3.05, 3.63) is 35.1 Å². The predicted molar refractivity (Wildman–Crippen MR) is 85.5 cm³/mol. The normalized spacial score (nSPS) is 11.7. The first kappa shape index (κ1) is 19.0. The molecule has 0 unspecified atom stereocenters. The zero-order valence-corrected chi connectivity index (χ0v) is 14.8. The zero-order chi connectivity index (χ0) is 16.6. The fraction of sp³-hybridized carbons (Fsp3) is 0.562. The molecule has 6 heteroatoms. The van der Waals surface area contributed by atoms with Crippen LogP contribution in [0.25, 0.3) is 0 Å². The lowest BCUT2D eigenvalue weighted by molar-refractivity contribution is 0.0713. The Bertz CT molecular complexity index is 476. The number of hydrogen-bond donors (Lipinski definition) is 0. The van der Waals surface area contributed by atoms with Crippen LogP contribution in [0.2, 0.25) is 6.04 Å². The second-order valence-electron chi connectivity index (χ2n) is 4.84. The summed E-state index contributed by atoms with van der Waals surface area (Å²) >= 11 is 0. The standard InChI is InChI=1S/C16H25FO4Si/c1-5-19-22(20-6-2,21-7-3)11-10-14-12-15(17)8-9-16(14)13(4)18/h8-9,12H,5-7,10-11H2,1-4H3. The summed E-state index contributed by atoms with van der Waals surface area (Å²) in [6.45, 7) is 8.64. The van der Waals surface area contributed by atoms with E-state index >= 15 is 0 Å². The molecular weight excluding hydrogens is 303 g/mol. The molecule has 0 bridgehead atoms. The Hall–Kier alpha value is -1.08. The van der Waals surface area contributed by atoms with Crippen molar-refractivity contribution in [3.63, 3.8) is 0 Å². The van der Waals surface area contributed by atoms with Crippen molar-refractivity contribution < 1.29 is 22.5 Å². The van der Waals surface area contributed by atoms with E-state index in [0.717, 1.165) is 0 Å². The van der Waals surface area contributed by atoms with E-state index in [2.05, 4.69) is 0 Å². The van der Waals surface area contributed by atoms with Gasteiger partial charge in [0.25, 0.3) is 0 Å². The molecule has 0 aliphatic rings. The average molecular weight is 328 g/mol. The SMILES string of the molecule is CCO[Si](CCc1cc(F)ccc1C(C)=O)(OCC)OCC. The Labute approximate surface area is 132 Å². The Balaban J connectivity index is 2.96. The number of ketones is 1. The maximum atomic E-state index is 13.5. The minimum absolute atomic E-state index is 0.0773. The van der Waals surface area contributed by atoms with E-state index in [1.165, 1.54) is 25.1 Å². The van der Waals surface area contributed by atoms with Crippen LogP contribution < -0.4 is 0 Å². The summed E-state index contributed by atoms with van der Waals surface area (Å²) in [7, 11) is -2.79. The Morgan fingerprint density at radius 2 is 1.64 bits per heavy atom. The highest BCUT2D eigenvalue weighted by Crippen LogP contribution is 2.22. The van der Waals surface area contributed by atoms with Gasteiger partial charge in [0.05, 0.1) is 0 Å². The summed E-state index contributed by atoms with van der Waals surface area (Å²) in [4.78, 5) is 11.7. The third-order valence-corrected chi connectivity index (χ3v) is 6.29. The third-order valence-electron chi connectivity index (χ3n) is 3.24. The van der Waals surface area contributed by atoms with Gasteiger partial charge in [-0.1, -0.05) is 0 Å². The van der Waals surface area contributed by atoms with Crippen molar-refractivity contribution in [1.82, 2.24) is 0 Å². The maximum Gasteiger partial charge on any atom is 0.501 e. The average Bonchev–Trinajstić information content (AvgIpc) is 2.46. The number of hydrogen-bond acceptors (Lipinski definition) is 4. The van der Waals surface area contributed by atoms with Crippen LogP contribution in [-0.4, -0.2) is 34.4 Å². The molecule has 0 heterocycles. The highest BCUT2D eigenvalue weighted by molar-refractivity contribution is 6.60. The van der Waals surface area contributed by atoms with Crippen molar-refractivity contribution in [2.45, 2.75) is 40.2 Å². The van der Waals surface area contributed by atoms with Crippen LogP contribution >= 0.6 is 0 Å². The summed E-state index contributed by atoms with van der Waals surface area (Å²) in [5.74, 6) is -0.428. The summed E-state index contributed by atoms with van der Waals surface area (Å²) in [6, 6.07) is 4.75.